The molecule has 1 aromatic carbocycles. The van der Waals surface area contributed by atoms with Crippen molar-refractivity contribution in [2.75, 3.05) is 29.1 Å². The number of aromatic nitrogens is 3. The number of likely N-dealkylation sites (N-methyl/N-ethyl adjacent to an activating group) is 1. The number of rotatable bonds is 5. The van der Waals surface area contributed by atoms with E-state index < -0.39 is 5.82 Å². The molecule has 0 fully saturated rings. The van der Waals surface area contributed by atoms with Crippen LogP contribution in [0.3, 0.4) is 0 Å². The van der Waals surface area contributed by atoms with Gasteiger partial charge in [-0.1, -0.05) is 6.07 Å². The number of aryl methyl sites for hydroxylation is 1. The Morgan fingerprint density at radius 2 is 2.20 bits per heavy atom. The minimum atomic E-state index is -0.432. The van der Waals surface area contributed by atoms with Gasteiger partial charge in [-0.05, 0) is 24.6 Å². The predicted molar refractivity (Wildman–Crippen MR) is 111 cm³/mol. The van der Waals surface area contributed by atoms with Crippen LogP contribution in [0.5, 0.6) is 0 Å². The number of fused-ring (bicyclic) bond motifs is 1. The highest BCUT2D eigenvalue weighted by molar-refractivity contribution is 6.02. The van der Waals surface area contributed by atoms with Gasteiger partial charge in [-0.2, -0.15) is 10.4 Å². The van der Waals surface area contributed by atoms with Crippen molar-refractivity contribution in [3.05, 3.63) is 64.9 Å². The Morgan fingerprint density at radius 1 is 1.37 bits per heavy atom. The molecule has 0 saturated heterocycles. The van der Waals surface area contributed by atoms with E-state index in [1.807, 2.05) is 37.2 Å². The molecule has 30 heavy (non-hydrogen) atoms. The van der Waals surface area contributed by atoms with Crippen LogP contribution >= 0.6 is 0 Å². The van der Waals surface area contributed by atoms with Crippen LogP contribution in [0.2, 0.25) is 0 Å². The van der Waals surface area contributed by atoms with Gasteiger partial charge in [0.1, 0.15) is 11.6 Å². The second-order valence-corrected chi connectivity index (χ2v) is 7.20. The number of nitrogens with zero attached hydrogens (tertiary/aromatic N) is 5. The number of amides is 1. The van der Waals surface area contributed by atoms with Crippen molar-refractivity contribution in [1.82, 2.24) is 14.8 Å². The van der Waals surface area contributed by atoms with Gasteiger partial charge >= 0.3 is 0 Å². The van der Waals surface area contributed by atoms with E-state index in [1.54, 1.807) is 16.9 Å². The van der Waals surface area contributed by atoms with E-state index in [4.69, 9.17) is 0 Å². The lowest BCUT2D eigenvalue weighted by Gasteiger charge is -2.28. The Hall–Kier alpha value is -3.93. The summed E-state index contributed by atoms with van der Waals surface area (Å²) in [5, 5.41) is 19.7. The van der Waals surface area contributed by atoms with Gasteiger partial charge < -0.3 is 15.5 Å². The van der Waals surface area contributed by atoms with Crippen LogP contribution in [0, 0.1) is 24.1 Å². The molecular weight excluding hydrogens is 385 g/mol. The van der Waals surface area contributed by atoms with Crippen molar-refractivity contribution in [3.63, 3.8) is 0 Å². The molecular formula is C21H20FN7O. The topological polar surface area (TPSA) is 98.9 Å². The van der Waals surface area contributed by atoms with Crippen LogP contribution in [0.4, 0.5) is 21.6 Å². The van der Waals surface area contributed by atoms with Crippen molar-refractivity contribution in [2.45, 2.75) is 20.0 Å². The standard InChI is InChI=1S/C21H20FN7O/c1-13-21-18(28(2)12-20(30)27-21)6-19(26-13)24-8-14-9-25-29(10-14)11-15-3-4-17(22)5-16(15)7-23/h3-6,9-10H,8,11-12H2,1-2H3,(H,24,26)(H,27,30). The van der Waals surface area contributed by atoms with Gasteiger partial charge in [-0.15, -0.1) is 0 Å². The van der Waals surface area contributed by atoms with E-state index in [2.05, 4.69) is 20.7 Å². The zero-order valence-corrected chi connectivity index (χ0v) is 16.6. The molecule has 2 N–H and O–H groups in total. The Bertz CT molecular complexity index is 1160. The Labute approximate surface area is 173 Å². The summed E-state index contributed by atoms with van der Waals surface area (Å²) in [6, 6.07) is 8.09. The molecule has 4 rings (SSSR count). The van der Waals surface area contributed by atoms with E-state index in [9.17, 15) is 14.4 Å². The van der Waals surface area contributed by atoms with Crippen molar-refractivity contribution in [1.29, 1.82) is 5.26 Å². The number of carbonyl (C=O) groups excluding carboxylic acids is 1. The van der Waals surface area contributed by atoms with Gasteiger partial charge in [0.15, 0.2) is 0 Å². The predicted octanol–water partition coefficient (Wildman–Crippen LogP) is 2.65. The molecule has 1 aliphatic rings. The summed E-state index contributed by atoms with van der Waals surface area (Å²) < 4.78 is 15.0. The molecule has 0 radical (unpaired) electrons. The first kappa shape index (κ1) is 19.4. The van der Waals surface area contributed by atoms with Gasteiger partial charge in [0, 0.05) is 31.4 Å². The number of hydrogen-bond acceptors (Lipinski definition) is 6. The molecule has 0 bridgehead atoms. The Balaban J connectivity index is 1.45. The fourth-order valence-corrected chi connectivity index (χ4v) is 3.42. The van der Waals surface area contributed by atoms with Crippen molar-refractivity contribution < 1.29 is 9.18 Å². The summed E-state index contributed by atoms with van der Waals surface area (Å²) in [6.45, 7) is 3.05. The highest BCUT2D eigenvalue weighted by Crippen LogP contribution is 2.32. The van der Waals surface area contributed by atoms with Gasteiger partial charge in [0.05, 0.1) is 48.0 Å². The third-order valence-corrected chi connectivity index (χ3v) is 4.92. The molecule has 2 aromatic heterocycles. The third kappa shape index (κ3) is 3.93. The number of halogens is 1. The maximum Gasteiger partial charge on any atom is 0.243 e. The molecule has 9 heteroatoms. The monoisotopic (exact) mass is 405 g/mol. The van der Waals surface area contributed by atoms with Crippen molar-refractivity contribution in [2.24, 2.45) is 0 Å². The lowest BCUT2D eigenvalue weighted by atomic mass is 10.1. The SMILES string of the molecule is Cc1nc(NCc2cnn(Cc3ccc(F)cc3C#N)c2)cc2c1NC(=O)CN2C. The summed E-state index contributed by atoms with van der Waals surface area (Å²) in [5.74, 6) is 0.217. The van der Waals surface area contributed by atoms with E-state index in [-0.39, 0.29) is 5.91 Å². The molecule has 0 atom stereocenters. The van der Waals surface area contributed by atoms with E-state index >= 15 is 0 Å². The maximum absolute atomic E-state index is 13.3. The number of benzene rings is 1. The minimum absolute atomic E-state index is 0.0521. The van der Waals surface area contributed by atoms with Crippen LogP contribution in [0.15, 0.2) is 36.7 Å². The summed E-state index contributed by atoms with van der Waals surface area (Å²) in [6.07, 6.45) is 3.61. The van der Waals surface area contributed by atoms with Gasteiger partial charge in [-0.25, -0.2) is 9.37 Å². The highest BCUT2D eigenvalue weighted by Gasteiger charge is 2.22. The first-order valence-corrected chi connectivity index (χ1v) is 9.39. The number of hydrogen-bond donors (Lipinski definition) is 2. The van der Waals surface area contributed by atoms with E-state index in [0.717, 1.165) is 22.6 Å². The zero-order valence-electron chi connectivity index (χ0n) is 16.6. The summed E-state index contributed by atoms with van der Waals surface area (Å²) in [5.41, 5.74) is 4.34. The van der Waals surface area contributed by atoms with E-state index in [0.29, 0.717) is 36.6 Å². The highest BCUT2D eigenvalue weighted by atomic mass is 19.1. The summed E-state index contributed by atoms with van der Waals surface area (Å²) >= 11 is 0. The molecule has 0 saturated carbocycles. The molecule has 3 aromatic rings. The molecule has 0 unspecified atom stereocenters. The molecule has 8 nitrogen and oxygen atoms in total. The number of carbonyl (C=O) groups is 1. The van der Waals surface area contributed by atoms with Gasteiger partial charge in [-0.3, -0.25) is 9.48 Å². The average molecular weight is 405 g/mol. The third-order valence-electron chi connectivity index (χ3n) is 4.92. The first-order valence-electron chi connectivity index (χ1n) is 9.39. The average Bonchev–Trinajstić information content (AvgIpc) is 3.16. The quantitative estimate of drug-likeness (QED) is 0.677. The largest absolute Gasteiger partial charge is 0.366 e. The summed E-state index contributed by atoms with van der Waals surface area (Å²) in [7, 11) is 1.87. The van der Waals surface area contributed by atoms with Crippen LogP contribution in [-0.4, -0.2) is 34.3 Å². The van der Waals surface area contributed by atoms with Gasteiger partial charge in [0.25, 0.3) is 0 Å². The molecule has 152 valence electrons. The molecule has 0 spiro atoms. The molecule has 1 amide bonds. The zero-order chi connectivity index (χ0) is 21.3. The van der Waals surface area contributed by atoms with Crippen molar-refractivity contribution in [3.8, 4) is 6.07 Å². The molecule has 3 heterocycles. The number of nitrogens with one attached hydrogen (secondary N) is 2. The van der Waals surface area contributed by atoms with Crippen LogP contribution in [0.25, 0.3) is 0 Å². The fourth-order valence-electron chi connectivity index (χ4n) is 3.42. The van der Waals surface area contributed by atoms with E-state index in [1.165, 1.54) is 12.1 Å². The van der Waals surface area contributed by atoms with Crippen LogP contribution in [0.1, 0.15) is 22.4 Å². The number of nitriles is 1. The summed E-state index contributed by atoms with van der Waals surface area (Å²) in [4.78, 5) is 18.1. The lowest BCUT2D eigenvalue weighted by molar-refractivity contribution is -0.115. The second-order valence-electron chi connectivity index (χ2n) is 7.20. The van der Waals surface area contributed by atoms with Crippen LogP contribution in [-0.2, 0) is 17.9 Å². The normalized spacial score (nSPS) is 12.9. The lowest BCUT2D eigenvalue weighted by Crippen LogP contribution is -2.36. The second kappa shape index (κ2) is 7.83. The first-order chi connectivity index (χ1) is 14.4. The van der Waals surface area contributed by atoms with Crippen molar-refractivity contribution >= 4 is 23.1 Å². The fraction of sp³-hybridized carbons (Fsp3) is 0.238. The van der Waals surface area contributed by atoms with Crippen LogP contribution < -0.4 is 15.5 Å². The van der Waals surface area contributed by atoms with Gasteiger partial charge in [0.2, 0.25) is 5.91 Å². The number of pyridine rings is 1. The Kier molecular flexibility index (Phi) is 5.06. The smallest absolute Gasteiger partial charge is 0.243 e. The maximum atomic E-state index is 13.3. The number of anilines is 3. The Morgan fingerprint density at radius 3 is 3.00 bits per heavy atom. The molecule has 0 aliphatic carbocycles. The molecule has 1 aliphatic heterocycles. The minimum Gasteiger partial charge on any atom is -0.366 e.